The summed E-state index contributed by atoms with van der Waals surface area (Å²) in [4.78, 5) is 29.8. The Balaban J connectivity index is 1.73. The van der Waals surface area contributed by atoms with E-state index in [4.69, 9.17) is 4.98 Å². The first-order valence-corrected chi connectivity index (χ1v) is 9.12. The zero-order chi connectivity index (χ0) is 19.1. The number of nitrogens with zero attached hydrogens (tertiary/aromatic N) is 4. The van der Waals surface area contributed by atoms with E-state index in [0.29, 0.717) is 13.0 Å². The van der Waals surface area contributed by atoms with Crippen LogP contribution in [0.15, 0.2) is 41.3 Å². The fraction of sp³-hybridized carbons (Fsp3) is 0.350. The van der Waals surface area contributed by atoms with Crippen LogP contribution in [0.4, 0.5) is 10.5 Å². The van der Waals surface area contributed by atoms with Crippen LogP contribution in [0.1, 0.15) is 24.7 Å². The number of amides is 1. The van der Waals surface area contributed by atoms with Crippen molar-refractivity contribution in [2.45, 2.75) is 38.8 Å². The Bertz CT molecular complexity index is 1080. The lowest BCUT2D eigenvalue weighted by molar-refractivity contribution is 0.198. The van der Waals surface area contributed by atoms with Gasteiger partial charge in [-0.1, -0.05) is 6.07 Å². The number of fused-ring (bicyclic) bond motifs is 3. The normalized spacial score (nSPS) is 16.5. The quantitative estimate of drug-likeness (QED) is 0.773. The summed E-state index contributed by atoms with van der Waals surface area (Å²) in [5.41, 5.74) is 3.55. The van der Waals surface area contributed by atoms with Crippen LogP contribution in [0.2, 0.25) is 0 Å². The largest absolute Gasteiger partial charge is 0.465 e. The molecule has 2 aromatic heterocycles. The van der Waals surface area contributed by atoms with Crippen molar-refractivity contribution in [3.05, 3.63) is 58.3 Å². The van der Waals surface area contributed by atoms with Gasteiger partial charge in [0.05, 0.1) is 16.7 Å². The van der Waals surface area contributed by atoms with Gasteiger partial charge in [-0.25, -0.2) is 9.78 Å². The summed E-state index contributed by atoms with van der Waals surface area (Å²) in [5, 5.41) is 9.59. The number of imidazole rings is 1. The molecule has 0 bridgehead atoms. The molecule has 1 aliphatic heterocycles. The first-order valence-electron chi connectivity index (χ1n) is 9.12. The highest BCUT2D eigenvalue weighted by atomic mass is 16.4. The fourth-order valence-corrected chi connectivity index (χ4v) is 3.92. The Kier molecular flexibility index (Phi) is 4.22. The van der Waals surface area contributed by atoms with Crippen molar-refractivity contribution in [3.8, 4) is 0 Å². The second kappa shape index (κ2) is 6.57. The van der Waals surface area contributed by atoms with E-state index in [9.17, 15) is 14.7 Å². The number of aromatic nitrogens is 3. The molecule has 140 valence electrons. The molecule has 1 atom stereocenters. The number of benzene rings is 1. The lowest BCUT2D eigenvalue weighted by Gasteiger charge is -2.33. The summed E-state index contributed by atoms with van der Waals surface area (Å²) in [6.07, 6.45) is 3.07. The van der Waals surface area contributed by atoms with Gasteiger partial charge in [0, 0.05) is 43.9 Å². The van der Waals surface area contributed by atoms with E-state index in [1.54, 1.807) is 22.9 Å². The van der Waals surface area contributed by atoms with Crippen molar-refractivity contribution in [1.82, 2.24) is 14.1 Å². The SMILES string of the molecule is C[C@H]1CCc2c(ccc3c2nc(CCn2ccccc2=O)n3C)N1C(=O)O. The Morgan fingerprint density at radius 2 is 2.11 bits per heavy atom. The number of hydrogen-bond donors (Lipinski definition) is 1. The van der Waals surface area contributed by atoms with Gasteiger partial charge < -0.3 is 14.2 Å². The highest BCUT2D eigenvalue weighted by Crippen LogP contribution is 2.35. The molecule has 3 heterocycles. The topological polar surface area (TPSA) is 80.4 Å². The van der Waals surface area contributed by atoms with E-state index in [0.717, 1.165) is 41.0 Å². The van der Waals surface area contributed by atoms with E-state index in [-0.39, 0.29) is 11.6 Å². The molecule has 3 aromatic rings. The molecule has 1 N–H and O–H groups in total. The van der Waals surface area contributed by atoms with Crippen LogP contribution >= 0.6 is 0 Å². The van der Waals surface area contributed by atoms with Crippen LogP contribution in [0.25, 0.3) is 11.0 Å². The summed E-state index contributed by atoms with van der Waals surface area (Å²) in [6.45, 7) is 2.49. The highest BCUT2D eigenvalue weighted by molar-refractivity contribution is 5.94. The molecule has 0 saturated carbocycles. The average molecular weight is 366 g/mol. The number of hydrogen-bond acceptors (Lipinski definition) is 3. The van der Waals surface area contributed by atoms with Crippen molar-refractivity contribution in [1.29, 1.82) is 0 Å². The van der Waals surface area contributed by atoms with Crippen LogP contribution in [-0.2, 0) is 26.4 Å². The highest BCUT2D eigenvalue weighted by Gasteiger charge is 2.30. The third-order valence-electron chi connectivity index (χ3n) is 5.42. The predicted octanol–water partition coefficient (Wildman–Crippen LogP) is 2.80. The second-order valence-corrected chi connectivity index (χ2v) is 7.04. The van der Waals surface area contributed by atoms with E-state index in [1.165, 1.54) is 4.90 Å². The Morgan fingerprint density at radius 3 is 2.85 bits per heavy atom. The minimum atomic E-state index is -0.928. The molecule has 0 saturated heterocycles. The number of rotatable bonds is 3. The van der Waals surface area contributed by atoms with E-state index >= 15 is 0 Å². The van der Waals surface area contributed by atoms with Crippen molar-refractivity contribution in [2.75, 3.05) is 4.90 Å². The maximum atomic E-state index is 11.9. The zero-order valence-electron chi connectivity index (χ0n) is 15.4. The van der Waals surface area contributed by atoms with Crippen molar-refractivity contribution in [2.24, 2.45) is 7.05 Å². The van der Waals surface area contributed by atoms with Gasteiger partial charge in [-0.05, 0) is 38.0 Å². The minimum absolute atomic E-state index is 0.0280. The van der Waals surface area contributed by atoms with Crippen molar-refractivity contribution < 1.29 is 9.90 Å². The molecule has 0 spiro atoms. The maximum absolute atomic E-state index is 11.9. The summed E-state index contributed by atoms with van der Waals surface area (Å²) < 4.78 is 3.70. The summed E-state index contributed by atoms with van der Waals surface area (Å²) in [6, 6.07) is 8.90. The van der Waals surface area contributed by atoms with Gasteiger partial charge in [0.1, 0.15) is 5.82 Å². The number of anilines is 1. The maximum Gasteiger partial charge on any atom is 0.412 e. The predicted molar refractivity (Wildman–Crippen MR) is 103 cm³/mol. The van der Waals surface area contributed by atoms with Crippen LogP contribution in [0.3, 0.4) is 0 Å². The number of carboxylic acid groups (broad SMARTS) is 1. The van der Waals surface area contributed by atoms with Crippen LogP contribution in [-0.4, -0.2) is 31.4 Å². The van der Waals surface area contributed by atoms with Gasteiger partial charge in [-0.2, -0.15) is 0 Å². The molecule has 1 aliphatic rings. The zero-order valence-corrected chi connectivity index (χ0v) is 15.4. The van der Waals surface area contributed by atoms with Gasteiger partial charge in [-0.15, -0.1) is 0 Å². The average Bonchev–Trinajstić information content (AvgIpc) is 2.96. The molecule has 0 radical (unpaired) electrons. The van der Waals surface area contributed by atoms with Crippen molar-refractivity contribution >= 4 is 22.8 Å². The molecule has 1 amide bonds. The number of carbonyl (C=O) groups is 1. The first-order chi connectivity index (χ1) is 13.0. The Morgan fingerprint density at radius 1 is 1.30 bits per heavy atom. The molecule has 1 aromatic carbocycles. The lowest BCUT2D eigenvalue weighted by atomic mass is 9.96. The lowest BCUT2D eigenvalue weighted by Crippen LogP contribution is -2.41. The summed E-state index contributed by atoms with van der Waals surface area (Å²) in [7, 11) is 1.96. The number of pyridine rings is 1. The smallest absolute Gasteiger partial charge is 0.412 e. The molecule has 0 unspecified atom stereocenters. The minimum Gasteiger partial charge on any atom is -0.465 e. The Hall–Kier alpha value is -3.09. The van der Waals surface area contributed by atoms with Gasteiger partial charge in [0.25, 0.3) is 5.56 Å². The van der Waals surface area contributed by atoms with E-state index < -0.39 is 6.09 Å². The summed E-state index contributed by atoms with van der Waals surface area (Å²) in [5.74, 6) is 0.884. The third-order valence-corrected chi connectivity index (χ3v) is 5.42. The third kappa shape index (κ3) is 2.89. The molecule has 4 rings (SSSR count). The molecule has 7 nitrogen and oxygen atoms in total. The van der Waals surface area contributed by atoms with Gasteiger partial charge >= 0.3 is 6.09 Å². The van der Waals surface area contributed by atoms with Crippen LogP contribution < -0.4 is 10.5 Å². The molecule has 0 aliphatic carbocycles. The molecule has 7 heteroatoms. The van der Waals surface area contributed by atoms with E-state index in [1.807, 2.05) is 36.7 Å². The summed E-state index contributed by atoms with van der Waals surface area (Å²) >= 11 is 0. The molecular formula is C20H22N4O3. The Labute approximate surface area is 156 Å². The first kappa shape index (κ1) is 17.3. The van der Waals surface area contributed by atoms with Crippen LogP contribution in [0, 0.1) is 0 Å². The van der Waals surface area contributed by atoms with Gasteiger partial charge in [-0.3, -0.25) is 9.69 Å². The van der Waals surface area contributed by atoms with Gasteiger partial charge in [0.15, 0.2) is 0 Å². The van der Waals surface area contributed by atoms with E-state index in [2.05, 4.69) is 0 Å². The van der Waals surface area contributed by atoms with Gasteiger partial charge in [0.2, 0.25) is 0 Å². The standard InChI is InChI=1S/C20H22N4O3/c1-13-6-7-14-15(24(13)20(26)27)8-9-16-19(14)21-17(22(16)2)10-12-23-11-4-3-5-18(23)25/h3-5,8-9,11,13H,6-7,10,12H2,1-2H3,(H,26,27)/t13-/m0/s1. The fourth-order valence-electron chi connectivity index (χ4n) is 3.92. The molecule has 27 heavy (non-hydrogen) atoms. The monoisotopic (exact) mass is 366 g/mol. The second-order valence-electron chi connectivity index (χ2n) is 7.04. The molecular weight excluding hydrogens is 344 g/mol. The molecule has 0 fully saturated rings. The van der Waals surface area contributed by atoms with Crippen molar-refractivity contribution in [3.63, 3.8) is 0 Å². The number of aryl methyl sites for hydroxylation is 4. The van der Waals surface area contributed by atoms with Crippen LogP contribution in [0.5, 0.6) is 0 Å².